The molecular formula is C25H26O11. The zero-order valence-corrected chi connectivity index (χ0v) is 19.4. The summed E-state index contributed by atoms with van der Waals surface area (Å²) in [6.07, 6.45) is 1.14. The van der Waals surface area contributed by atoms with Gasteiger partial charge in [0.2, 0.25) is 5.60 Å². The van der Waals surface area contributed by atoms with Crippen LogP contribution in [0.15, 0.2) is 48.6 Å². The Balaban J connectivity index is 1.99. The molecule has 11 nitrogen and oxygen atoms in total. The minimum Gasteiger partial charge on any atom is -0.504 e. The summed E-state index contributed by atoms with van der Waals surface area (Å²) in [5, 5.41) is 57.5. The fraction of sp³-hybridized carbons (Fsp3) is 0.240. The van der Waals surface area contributed by atoms with Gasteiger partial charge in [-0.05, 0) is 61.4 Å². The highest BCUT2D eigenvalue weighted by molar-refractivity contribution is 5.90. The van der Waals surface area contributed by atoms with Gasteiger partial charge in [0.15, 0.2) is 23.0 Å². The van der Waals surface area contributed by atoms with Crippen LogP contribution in [0.5, 0.6) is 23.0 Å². The van der Waals surface area contributed by atoms with E-state index in [2.05, 4.69) is 0 Å². The normalized spacial score (nSPS) is 14.8. The molecule has 0 aromatic heterocycles. The zero-order valence-electron chi connectivity index (χ0n) is 19.4. The van der Waals surface area contributed by atoms with Crippen molar-refractivity contribution in [3.63, 3.8) is 0 Å². The van der Waals surface area contributed by atoms with E-state index in [0.29, 0.717) is 11.1 Å². The van der Waals surface area contributed by atoms with E-state index in [1.54, 1.807) is 0 Å². The van der Waals surface area contributed by atoms with Gasteiger partial charge in [0, 0.05) is 18.6 Å². The molecule has 0 bridgehead atoms. The lowest BCUT2D eigenvalue weighted by Gasteiger charge is -2.29. The molecule has 0 unspecified atom stereocenters. The van der Waals surface area contributed by atoms with Gasteiger partial charge in [-0.3, -0.25) is 0 Å². The topological polar surface area (TPSA) is 191 Å². The molecule has 192 valence electrons. The number of esters is 2. The molecule has 0 saturated heterocycles. The molecule has 0 spiro atoms. The molecule has 0 fully saturated rings. The standard InChI is InChI=1S/C25H26O11/c1-14(35-22(31)9-5-15-3-7-17(26)19(28)11-15)21(30)13-25(2,24(33)34)36-23(32)10-6-16-4-8-18(27)20(29)12-16/h3-12,14,21,26-30H,13H2,1-2H3,(H,33,34)/b9-5+,10-6+/t14-,21-,25+/m1/s1. The number of carbonyl (C=O) groups is 3. The zero-order chi connectivity index (χ0) is 27.0. The number of hydrogen-bond donors (Lipinski definition) is 6. The lowest BCUT2D eigenvalue weighted by molar-refractivity contribution is -0.179. The molecule has 11 heteroatoms. The smallest absolute Gasteiger partial charge is 0.347 e. The highest BCUT2D eigenvalue weighted by Crippen LogP contribution is 2.27. The van der Waals surface area contributed by atoms with Crippen molar-refractivity contribution in [1.82, 2.24) is 0 Å². The lowest BCUT2D eigenvalue weighted by Crippen LogP contribution is -2.45. The summed E-state index contributed by atoms with van der Waals surface area (Å²) in [7, 11) is 0. The third kappa shape index (κ3) is 7.77. The molecule has 2 rings (SSSR count). The number of aromatic hydroxyl groups is 4. The maximum Gasteiger partial charge on any atom is 0.347 e. The van der Waals surface area contributed by atoms with E-state index in [4.69, 9.17) is 9.47 Å². The Morgan fingerprint density at radius 3 is 1.78 bits per heavy atom. The molecule has 0 aliphatic heterocycles. The highest BCUT2D eigenvalue weighted by atomic mass is 16.6. The summed E-state index contributed by atoms with van der Waals surface area (Å²) in [5.41, 5.74) is -1.45. The Morgan fingerprint density at radius 2 is 1.33 bits per heavy atom. The Morgan fingerprint density at radius 1 is 0.861 bits per heavy atom. The van der Waals surface area contributed by atoms with E-state index in [-0.39, 0.29) is 17.2 Å². The summed E-state index contributed by atoms with van der Waals surface area (Å²) in [5.74, 6) is -4.95. The highest BCUT2D eigenvalue weighted by Gasteiger charge is 2.41. The molecule has 0 heterocycles. The summed E-state index contributed by atoms with van der Waals surface area (Å²) >= 11 is 0. The van der Waals surface area contributed by atoms with Crippen LogP contribution in [0.1, 0.15) is 31.4 Å². The van der Waals surface area contributed by atoms with Gasteiger partial charge in [0.05, 0.1) is 6.10 Å². The fourth-order valence-corrected chi connectivity index (χ4v) is 2.91. The number of carbonyl (C=O) groups excluding carboxylic acids is 2. The van der Waals surface area contributed by atoms with Crippen LogP contribution >= 0.6 is 0 Å². The van der Waals surface area contributed by atoms with Gasteiger partial charge in [0.1, 0.15) is 6.10 Å². The van der Waals surface area contributed by atoms with Crippen molar-refractivity contribution < 1.29 is 54.5 Å². The van der Waals surface area contributed by atoms with E-state index < -0.39 is 47.9 Å². The SMILES string of the molecule is C[C@@H](OC(=O)/C=C/c1ccc(O)c(O)c1)[C@H](O)C[C@](C)(OC(=O)/C=C/c1ccc(O)c(O)c1)C(=O)O. The van der Waals surface area contributed by atoms with Gasteiger partial charge in [-0.15, -0.1) is 0 Å². The third-order valence-corrected chi connectivity index (χ3v) is 5.04. The lowest BCUT2D eigenvalue weighted by atomic mass is 9.95. The van der Waals surface area contributed by atoms with Gasteiger partial charge >= 0.3 is 17.9 Å². The van der Waals surface area contributed by atoms with Gasteiger partial charge in [0.25, 0.3) is 0 Å². The average Bonchev–Trinajstić information content (AvgIpc) is 2.80. The van der Waals surface area contributed by atoms with Crippen molar-refractivity contribution in [3.05, 3.63) is 59.7 Å². The molecule has 0 saturated carbocycles. The Labute approximate surface area is 205 Å². The van der Waals surface area contributed by atoms with Crippen molar-refractivity contribution in [2.75, 3.05) is 0 Å². The second kappa shape index (κ2) is 11.8. The van der Waals surface area contributed by atoms with Gasteiger partial charge in [-0.2, -0.15) is 0 Å². The Kier molecular flexibility index (Phi) is 9.06. The first-order chi connectivity index (χ1) is 16.8. The van der Waals surface area contributed by atoms with Crippen molar-refractivity contribution in [3.8, 4) is 23.0 Å². The predicted octanol–water partition coefficient (Wildman–Crippen LogP) is 2.30. The van der Waals surface area contributed by atoms with E-state index in [1.807, 2.05) is 0 Å². The molecule has 0 aliphatic rings. The number of aliphatic hydroxyl groups excluding tert-OH is 1. The molecule has 0 amide bonds. The number of rotatable bonds is 10. The number of aliphatic carboxylic acids is 1. The quantitative estimate of drug-likeness (QED) is 0.159. The van der Waals surface area contributed by atoms with Crippen LogP contribution in [0.25, 0.3) is 12.2 Å². The van der Waals surface area contributed by atoms with Crippen molar-refractivity contribution in [1.29, 1.82) is 0 Å². The average molecular weight is 502 g/mol. The van der Waals surface area contributed by atoms with E-state index in [9.17, 15) is 45.0 Å². The largest absolute Gasteiger partial charge is 0.504 e. The number of aliphatic hydroxyl groups is 1. The first-order valence-electron chi connectivity index (χ1n) is 10.6. The monoisotopic (exact) mass is 502 g/mol. The second-order valence-electron chi connectivity index (χ2n) is 8.03. The van der Waals surface area contributed by atoms with Crippen molar-refractivity contribution in [2.45, 2.75) is 38.1 Å². The van der Waals surface area contributed by atoms with E-state index >= 15 is 0 Å². The van der Waals surface area contributed by atoms with E-state index in [0.717, 1.165) is 19.1 Å². The van der Waals surface area contributed by atoms with Crippen molar-refractivity contribution >= 4 is 30.1 Å². The number of benzene rings is 2. The Bertz CT molecular complexity index is 1180. The minimum absolute atomic E-state index is 0.329. The van der Waals surface area contributed by atoms with Crippen molar-refractivity contribution in [2.24, 2.45) is 0 Å². The van der Waals surface area contributed by atoms with Gasteiger partial charge in [-0.25, -0.2) is 14.4 Å². The summed E-state index contributed by atoms with van der Waals surface area (Å²) in [4.78, 5) is 36.0. The number of hydrogen-bond acceptors (Lipinski definition) is 10. The Hall–Kier alpha value is -4.51. The van der Waals surface area contributed by atoms with Crippen LogP contribution < -0.4 is 0 Å². The summed E-state index contributed by atoms with van der Waals surface area (Å²) in [6, 6.07) is 7.64. The number of carboxylic acid groups (broad SMARTS) is 1. The molecule has 0 radical (unpaired) electrons. The van der Waals surface area contributed by atoms with Crippen LogP contribution in [0.4, 0.5) is 0 Å². The van der Waals surface area contributed by atoms with Crippen LogP contribution in [-0.4, -0.2) is 66.4 Å². The minimum atomic E-state index is -2.17. The number of phenols is 4. The molecule has 6 N–H and O–H groups in total. The van der Waals surface area contributed by atoms with Gasteiger partial charge in [-0.1, -0.05) is 12.1 Å². The molecule has 3 atom stereocenters. The maximum absolute atomic E-state index is 12.2. The first-order valence-corrected chi connectivity index (χ1v) is 10.6. The molecule has 36 heavy (non-hydrogen) atoms. The number of phenolic OH excluding ortho intramolecular Hbond substituents is 4. The number of ether oxygens (including phenoxy) is 2. The fourth-order valence-electron chi connectivity index (χ4n) is 2.91. The number of carboxylic acids is 1. The first kappa shape index (κ1) is 27.7. The molecule has 2 aromatic carbocycles. The second-order valence-corrected chi connectivity index (χ2v) is 8.03. The van der Waals surface area contributed by atoms with Crippen LogP contribution in [0, 0.1) is 0 Å². The summed E-state index contributed by atoms with van der Waals surface area (Å²) < 4.78 is 10.1. The van der Waals surface area contributed by atoms with Gasteiger partial charge < -0.3 is 40.1 Å². The molecule has 0 aliphatic carbocycles. The van der Waals surface area contributed by atoms with E-state index in [1.165, 1.54) is 55.5 Å². The van der Waals surface area contributed by atoms with Crippen LogP contribution in [0.3, 0.4) is 0 Å². The van der Waals surface area contributed by atoms with Crippen LogP contribution in [0.2, 0.25) is 0 Å². The summed E-state index contributed by atoms with van der Waals surface area (Å²) in [6.45, 7) is 2.40. The molecule has 2 aromatic rings. The third-order valence-electron chi connectivity index (χ3n) is 5.04. The molecular weight excluding hydrogens is 476 g/mol. The predicted molar refractivity (Wildman–Crippen MR) is 126 cm³/mol. The van der Waals surface area contributed by atoms with Crippen LogP contribution in [-0.2, 0) is 23.9 Å². The maximum atomic E-state index is 12.2.